The number of benzene rings is 2. The fraction of sp³-hybridized carbons (Fsp3) is 0.462. The highest BCUT2D eigenvalue weighted by atomic mass is 16.3. The van der Waals surface area contributed by atoms with Gasteiger partial charge in [-0.2, -0.15) is 0 Å². The van der Waals surface area contributed by atoms with Crippen LogP contribution in [0.15, 0.2) is 61.2 Å². The Hall–Kier alpha value is -2.30. The summed E-state index contributed by atoms with van der Waals surface area (Å²) in [6.07, 6.45) is 2.47. The smallest absolute Gasteiger partial charge is 0.117 e. The summed E-state index contributed by atoms with van der Waals surface area (Å²) in [4.78, 5) is 4.23. The van der Waals surface area contributed by atoms with Gasteiger partial charge in [0.2, 0.25) is 0 Å². The molecule has 0 spiro atoms. The van der Waals surface area contributed by atoms with Gasteiger partial charge in [-0.1, -0.05) is 44.2 Å². The first-order valence-corrected chi connectivity index (χ1v) is 10.9. The monoisotopic (exact) mass is 408 g/mol. The molecule has 162 valence electrons. The zero-order valence-corrected chi connectivity index (χ0v) is 19.3. The third kappa shape index (κ3) is 4.12. The van der Waals surface area contributed by atoms with Gasteiger partial charge in [-0.05, 0) is 30.7 Å². The molecule has 4 nitrogen and oxygen atoms in total. The van der Waals surface area contributed by atoms with E-state index in [9.17, 15) is 5.11 Å². The van der Waals surface area contributed by atoms with Crippen molar-refractivity contribution in [3.63, 3.8) is 0 Å². The maximum atomic E-state index is 11.8. The van der Waals surface area contributed by atoms with Crippen molar-refractivity contribution in [2.75, 3.05) is 38.0 Å². The van der Waals surface area contributed by atoms with E-state index in [1.807, 2.05) is 6.08 Å². The fourth-order valence-corrected chi connectivity index (χ4v) is 4.99. The SMILES string of the molecule is C=CCC1(O)[C@@H](C)[C@@H](c2ccc(N(C)C)cc2)[NH2+][C@@H](c2ccc(N(C)C)cc2)[C@@H]1C. The van der Waals surface area contributed by atoms with Crippen molar-refractivity contribution in [1.29, 1.82) is 0 Å². The molecule has 30 heavy (non-hydrogen) atoms. The van der Waals surface area contributed by atoms with Gasteiger partial charge in [-0.3, -0.25) is 0 Å². The number of nitrogens with two attached hydrogens (primary N) is 1. The molecule has 1 aliphatic rings. The molecular weight excluding hydrogens is 370 g/mol. The van der Waals surface area contributed by atoms with E-state index in [2.05, 4.69) is 112 Å². The Kier molecular flexibility index (Phi) is 6.59. The molecule has 2 aromatic rings. The topological polar surface area (TPSA) is 43.3 Å². The third-order valence-electron chi connectivity index (χ3n) is 7.13. The first-order chi connectivity index (χ1) is 14.2. The number of aliphatic hydroxyl groups is 1. The van der Waals surface area contributed by atoms with Crippen molar-refractivity contribution < 1.29 is 10.4 Å². The molecule has 5 atom stereocenters. The fourth-order valence-electron chi connectivity index (χ4n) is 4.99. The van der Waals surface area contributed by atoms with Crippen molar-refractivity contribution in [1.82, 2.24) is 0 Å². The van der Waals surface area contributed by atoms with E-state index in [0.29, 0.717) is 6.42 Å². The summed E-state index contributed by atoms with van der Waals surface area (Å²) >= 11 is 0. The summed E-state index contributed by atoms with van der Waals surface area (Å²) in [5, 5.41) is 14.3. The predicted octanol–water partition coefficient (Wildman–Crippen LogP) is 3.76. The highest BCUT2D eigenvalue weighted by Crippen LogP contribution is 2.44. The van der Waals surface area contributed by atoms with Gasteiger partial charge >= 0.3 is 0 Å². The number of anilines is 2. The quantitative estimate of drug-likeness (QED) is 0.716. The molecule has 0 radical (unpaired) electrons. The van der Waals surface area contributed by atoms with Crippen LogP contribution in [-0.2, 0) is 0 Å². The maximum Gasteiger partial charge on any atom is 0.117 e. The lowest BCUT2D eigenvalue weighted by Gasteiger charge is -2.49. The maximum absolute atomic E-state index is 11.8. The standard InChI is InChI=1S/C26H37N3O/c1-8-17-26(30)18(2)24(20-9-13-22(14-10-20)28(4)5)27-25(19(26)3)21-11-15-23(16-12-21)29(6)7/h8-16,18-19,24-25,27,30H,1,17H2,2-7H3/p+1/t18-,19-,24-,25+,26?/m0/s1. The second kappa shape index (κ2) is 8.83. The number of hydrogen-bond donors (Lipinski definition) is 2. The first-order valence-electron chi connectivity index (χ1n) is 10.9. The molecule has 1 fully saturated rings. The largest absolute Gasteiger partial charge is 0.388 e. The van der Waals surface area contributed by atoms with Gasteiger partial charge in [-0.15, -0.1) is 6.58 Å². The second-order valence-corrected chi connectivity index (χ2v) is 9.28. The van der Waals surface area contributed by atoms with E-state index in [1.165, 1.54) is 22.5 Å². The Labute approximate surface area is 182 Å². The lowest BCUT2D eigenvalue weighted by molar-refractivity contribution is -0.764. The molecule has 2 aromatic carbocycles. The van der Waals surface area contributed by atoms with Crippen LogP contribution in [0, 0.1) is 11.8 Å². The number of hydrogen-bond acceptors (Lipinski definition) is 3. The van der Waals surface area contributed by atoms with E-state index in [1.54, 1.807) is 0 Å². The van der Waals surface area contributed by atoms with Crippen LogP contribution in [0.3, 0.4) is 0 Å². The lowest BCUT2D eigenvalue weighted by atomic mass is 9.64. The molecular formula is C26H38N3O+. The molecule has 1 heterocycles. The van der Waals surface area contributed by atoms with Gasteiger partial charge in [0.25, 0.3) is 0 Å². The molecule has 0 saturated carbocycles. The minimum atomic E-state index is -0.799. The van der Waals surface area contributed by atoms with Gasteiger partial charge in [0.1, 0.15) is 12.1 Å². The number of nitrogens with zero attached hydrogens (tertiary/aromatic N) is 2. The minimum Gasteiger partial charge on any atom is -0.388 e. The van der Waals surface area contributed by atoms with Crippen LogP contribution in [0.25, 0.3) is 0 Å². The van der Waals surface area contributed by atoms with E-state index in [-0.39, 0.29) is 23.9 Å². The molecule has 1 unspecified atom stereocenters. The number of piperidine rings is 1. The molecule has 1 saturated heterocycles. The molecule has 1 aliphatic heterocycles. The van der Waals surface area contributed by atoms with Crippen LogP contribution in [0.4, 0.5) is 11.4 Å². The molecule has 3 rings (SSSR count). The van der Waals surface area contributed by atoms with E-state index >= 15 is 0 Å². The Morgan fingerprint density at radius 1 is 0.833 bits per heavy atom. The minimum absolute atomic E-state index is 0.105. The molecule has 4 heteroatoms. The highest BCUT2D eigenvalue weighted by Gasteiger charge is 2.53. The normalized spacial score (nSPS) is 28.8. The molecule has 0 bridgehead atoms. The van der Waals surface area contributed by atoms with Crippen molar-refractivity contribution in [2.45, 2.75) is 38.0 Å². The van der Waals surface area contributed by atoms with Gasteiger partial charge in [0.05, 0.1) is 5.60 Å². The van der Waals surface area contributed by atoms with Crippen LogP contribution in [-0.4, -0.2) is 38.9 Å². The van der Waals surface area contributed by atoms with E-state index in [0.717, 1.165) is 0 Å². The van der Waals surface area contributed by atoms with E-state index < -0.39 is 5.60 Å². The molecule has 3 N–H and O–H groups in total. The van der Waals surface area contributed by atoms with Crippen LogP contribution < -0.4 is 15.1 Å². The van der Waals surface area contributed by atoms with Gasteiger partial charge < -0.3 is 20.2 Å². The van der Waals surface area contributed by atoms with Crippen molar-refractivity contribution >= 4 is 11.4 Å². The summed E-state index contributed by atoms with van der Waals surface area (Å²) in [6, 6.07) is 17.9. The highest BCUT2D eigenvalue weighted by molar-refractivity contribution is 5.47. The summed E-state index contributed by atoms with van der Waals surface area (Å²) in [5.74, 6) is 0.209. The van der Waals surface area contributed by atoms with Crippen LogP contribution in [0.1, 0.15) is 43.5 Å². The Balaban J connectivity index is 1.99. The van der Waals surface area contributed by atoms with Crippen LogP contribution in [0.2, 0.25) is 0 Å². The van der Waals surface area contributed by atoms with Crippen molar-refractivity contribution in [3.05, 3.63) is 72.3 Å². The number of quaternary nitrogens is 1. The average Bonchev–Trinajstić information content (AvgIpc) is 2.73. The van der Waals surface area contributed by atoms with Crippen LogP contribution in [0.5, 0.6) is 0 Å². The van der Waals surface area contributed by atoms with Gasteiger partial charge in [0, 0.05) is 62.5 Å². The zero-order valence-electron chi connectivity index (χ0n) is 19.3. The second-order valence-electron chi connectivity index (χ2n) is 9.28. The summed E-state index contributed by atoms with van der Waals surface area (Å²) < 4.78 is 0. The molecule has 0 aromatic heterocycles. The van der Waals surface area contributed by atoms with Gasteiger partial charge in [0.15, 0.2) is 0 Å². The zero-order chi connectivity index (χ0) is 22.1. The summed E-state index contributed by atoms with van der Waals surface area (Å²) in [5.41, 5.74) is 4.10. The lowest BCUT2D eigenvalue weighted by Crippen LogP contribution is -2.93. The Morgan fingerprint density at radius 2 is 1.20 bits per heavy atom. The summed E-state index contributed by atoms with van der Waals surface area (Å²) in [6.45, 7) is 8.32. The molecule has 0 amide bonds. The number of rotatable bonds is 6. The van der Waals surface area contributed by atoms with E-state index in [4.69, 9.17) is 0 Å². The Bertz CT molecular complexity index is 778. The summed E-state index contributed by atoms with van der Waals surface area (Å²) in [7, 11) is 8.23. The molecule has 0 aliphatic carbocycles. The van der Waals surface area contributed by atoms with Crippen molar-refractivity contribution in [2.24, 2.45) is 11.8 Å². The Morgan fingerprint density at radius 3 is 1.50 bits per heavy atom. The predicted molar refractivity (Wildman–Crippen MR) is 127 cm³/mol. The van der Waals surface area contributed by atoms with Crippen LogP contribution >= 0.6 is 0 Å². The van der Waals surface area contributed by atoms with Crippen molar-refractivity contribution in [3.8, 4) is 0 Å². The first kappa shape index (κ1) is 22.4. The third-order valence-corrected chi connectivity index (χ3v) is 7.13. The van der Waals surface area contributed by atoms with Gasteiger partial charge in [-0.25, -0.2) is 0 Å². The average molecular weight is 409 g/mol.